The first-order valence-corrected chi connectivity index (χ1v) is 8.82. The number of carbonyl (C=O) groups excluding carboxylic acids is 1. The number of esters is 1. The van der Waals surface area contributed by atoms with E-state index in [0.717, 1.165) is 16.5 Å². The van der Waals surface area contributed by atoms with Gasteiger partial charge in [0.2, 0.25) is 0 Å². The summed E-state index contributed by atoms with van der Waals surface area (Å²) in [6.07, 6.45) is 2.13. The van der Waals surface area contributed by atoms with Crippen LogP contribution in [0.3, 0.4) is 0 Å². The summed E-state index contributed by atoms with van der Waals surface area (Å²) in [4.78, 5) is 15.4. The molecule has 25 heavy (non-hydrogen) atoms. The topological polar surface area (TPSA) is 60.6 Å². The molecule has 0 saturated carbocycles. The third kappa shape index (κ3) is 3.46. The van der Waals surface area contributed by atoms with E-state index in [4.69, 9.17) is 14.0 Å². The summed E-state index contributed by atoms with van der Waals surface area (Å²) >= 11 is 0. The molecule has 2 aromatic rings. The first-order chi connectivity index (χ1) is 11.7. The van der Waals surface area contributed by atoms with Gasteiger partial charge in [0, 0.05) is 17.5 Å². The number of hydrogen-bond donors (Lipinski definition) is 1. The van der Waals surface area contributed by atoms with Gasteiger partial charge in [-0.1, -0.05) is 6.07 Å². The number of benzene rings is 1. The molecule has 0 aliphatic carbocycles. The second-order valence-electron chi connectivity index (χ2n) is 7.56. The number of nitrogens with one attached hydrogen (secondary N) is 1. The van der Waals surface area contributed by atoms with Gasteiger partial charge in [0.05, 0.1) is 24.2 Å². The number of aromatic nitrogens is 1. The fraction of sp³-hybridized carbons (Fsp3) is 0.526. The molecule has 3 rings (SSSR count). The minimum absolute atomic E-state index is 0.223. The highest BCUT2D eigenvalue weighted by Crippen LogP contribution is 2.42. The van der Waals surface area contributed by atoms with Crippen LogP contribution < -0.4 is 0 Å². The Morgan fingerprint density at radius 2 is 1.88 bits per heavy atom. The number of rotatable bonds is 5. The Morgan fingerprint density at radius 1 is 1.20 bits per heavy atom. The highest BCUT2D eigenvalue weighted by Gasteiger charge is 2.54. The van der Waals surface area contributed by atoms with Crippen LogP contribution in [-0.2, 0) is 18.8 Å². The minimum Gasteiger partial charge on any atom is -0.466 e. The summed E-state index contributed by atoms with van der Waals surface area (Å²) in [6, 6.07) is 8.15. The molecular formula is C19H26BNO4. The van der Waals surface area contributed by atoms with Crippen LogP contribution >= 0.6 is 0 Å². The Kier molecular flexibility index (Phi) is 4.69. The molecule has 5 nitrogen and oxygen atoms in total. The summed E-state index contributed by atoms with van der Waals surface area (Å²) in [6.45, 7) is 10.3. The summed E-state index contributed by atoms with van der Waals surface area (Å²) < 4.78 is 17.6. The monoisotopic (exact) mass is 343 g/mol. The summed E-state index contributed by atoms with van der Waals surface area (Å²) in [5.74, 6) is -0.462. The molecule has 1 atom stereocenters. The van der Waals surface area contributed by atoms with Crippen molar-refractivity contribution in [3.63, 3.8) is 0 Å². The van der Waals surface area contributed by atoms with E-state index in [-0.39, 0.29) is 18.2 Å². The van der Waals surface area contributed by atoms with Gasteiger partial charge in [-0.25, -0.2) is 0 Å². The number of ether oxygens (including phenoxy) is 1. The molecule has 1 unspecified atom stereocenters. The number of carbonyl (C=O) groups is 1. The van der Waals surface area contributed by atoms with Gasteiger partial charge < -0.3 is 19.0 Å². The van der Waals surface area contributed by atoms with Crippen molar-refractivity contribution in [2.45, 2.75) is 58.1 Å². The Balaban J connectivity index is 1.93. The smallest absolute Gasteiger partial charge is 0.466 e. The average molecular weight is 343 g/mol. The maximum atomic E-state index is 12.2. The number of fused-ring (bicyclic) bond motifs is 1. The predicted octanol–water partition coefficient (Wildman–Crippen LogP) is 3.84. The molecule has 0 radical (unpaired) electrons. The molecule has 1 aromatic carbocycles. The van der Waals surface area contributed by atoms with Crippen molar-refractivity contribution in [2.75, 3.05) is 6.61 Å². The Morgan fingerprint density at radius 3 is 2.52 bits per heavy atom. The zero-order chi connectivity index (χ0) is 18.2. The summed E-state index contributed by atoms with van der Waals surface area (Å²) in [7, 11) is -0.495. The van der Waals surface area contributed by atoms with Gasteiger partial charge in [-0.3, -0.25) is 4.79 Å². The molecule has 1 aliphatic rings. The van der Waals surface area contributed by atoms with Crippen molar-refractivity contribution in [1.82, 2.24) is 4.98 Å². The maximum absolute atomic E-state index is 12.2. The maximum Gasteiger partial charge on any atom is 0.466 e. The lowest BCUT2D eigenvalue weighted by atomic mass is 9.66. The third-order valence-electron chi connectivity index (χ3n) is 5.30. The van der Waals surface area contributed by atoms with E-state index in [1.54, 1.807) is 0 Å². The van der Waals surface area contributed by atoms with E-state index < -0.39 is 18.3 Å². The zero-order valence-electron chi connectivity index (χ0n) is 15.6. The molecule has 0 bridgehead atoms. The molecule has 1 fully saturated rings. The largest absolute Gasteiger partial charge is 0.466 e. The van der Waals surface area contributed by atoms with Gasteiger partial charge in [-0.2, -0.15) is 0 Å². The Labute approximate surface area is 149 Å². The van der Waals surface area contributed by atoms with E-state index in [1.165, 1.54) is 0 Å². The minimum atomic E-state index is -0.495. The van der Waals surface area contributed by atoms with Gasteiger partial charge in [-0.05, 0) is 63.8 Å². The van der Waals surface area contributed by atoms with Crippen LogP contribution in [0.5, 0.6) is 0 Å². The lowest BCUT2D eigenvalue weighted by molar-refractivity contribution is -0.143. The number of H-pyrrole nitrogens is 1. The molecule has 2 heterocycles. The molecule has 134 valence electrons. The van der Waals surface area contributed by atoms with Crippen LogP contribution in [0.4, 0.5) is 0 Å². The van der Waals surface area contributed by atoms with Crippen molar-refractivity contribution >= 4 is 24.0 Å². The van der Waals surface area contributed by atoms with Crippen LogP contribution in [0.1, 0.15) is 52.4 Å². The van der Waals surface area contributed by atoms with E-state index in [1.807, 2.05) is 59.0 Å². The van der Waals surface area contributed by atoms with Crippen molar-refractivity contribution in [2.24, 2.45) is 0 Å². The van der Waals surface area contributed by atoms with Crippen molar-refractivity contribution in [1.29, 1.82) is 0 Å². The van der Waals surface area contributed by atoms with Crippen molar-refractivity contribution in [3.05, 3.63) is 36.0 Å². The van der Waals surface area contributed by atoms with Gasteiger partial charge >= 0.3 is 13.1 Å². The Bertz CT molecular complexity index is 752. The van der Waals surface area contributed by atoms with Crippen LogP contribution in [0.15, 0.2) is 30.5 Å². The quantitative estimate of drug-likeness (QED) is 0.662. The highest BCUT2D eigenvalue weighted by molar-refractivity contribution is 6.48. The molecule has 6 heteroatoms. The normalized spacial score (nSPS) is 20.0. The van der Waals surface area contributed by atoms with Crippen LogP contribution in [0, 0.1) is 0 Å². The molecule has 0 spiro atoms. The van der Waals surface area contributed by atoms with E-state index >= 15 is 0 Å². The number of hydrogen-bond acceptors (Lipinski definition) is 4. The lowest BCUT2D eigenvalue weighted by Crippen LogP contribution is -2.41. The lowest BCUT2D eigenvalue weighted by Gasteiger charge is -2.32. The fourth-order valence-corrected chi connectivity index (χ4v) is 3.13. The van der Waals surface area contributed by atoms with Gasteiger partial charge in [0.1, 0.15) is 0 Å². The summed E-state index contributed by atoms with van der Waals surface area (Å²) in [5.41, 5.74) is 1.19. The zero-order valence-corrected chi connectivity index (χ0v) is 15.6. The molecule has 1 aliphatic heterocycles. The molecule has 1 saturated heterocycles. The van der Waals surface area contributed by atoms with Crippen molar-refractivity contribution in [3.8, 4) is 0 Å². The van der Waals surface area contributed by atoms with Crippen LogP contribution in [-0.4, -0.2) is 35.9 Å². The van der Waals surface area contributed by atoms with E-state index in [9.17, 15) is 4.79 Å². The summed E-state index contributed by atoms with van der Waals surface area (Å²) in [5, 5.41) is 1.10. The second kappa shape index (κ2) is 6.50. The number of aromatic amines is 1. The molecule has 0 amide bonds. The van der Waals surface area contributed by atoms with Gasteiger partial charge in [-0.15, -0.1) is 0 Å². The first kappa shape index (κ1) is 18.0. The average Bonchev–Trinajstić information content (AvgIpc) is 3.06. The van der Waals surface area contributed by atoms with Crippen LogP contribution in [0.25, 0.3) is 10.9 Å². The second-order valence-corrected chi connectivity index (χ2v) is 7.56. The Hall–Kier alpha value is -1.79. The third-order valence-corrected chi connectivity index (χ3v) is 5.30. The molecule has 1 aromatic heterocycles. The van der Waals surface area contributed by atoms with Gasteiger partial charge in [0.15, 0.2) is 0 Å². The predicted molar refractivity (Wildman–Crippen MR) is 98.4 cm³/mol. The standard InChI is InChI=1S/C19H26BNO4/c1-6-23-17(22)12-15(20-24-18(2,3)19(4,5)25-20)13-7-8-16-14(11-13)9-10-21-16/h7-11,15,21H,6,12H2,1-5H3. The fourth-order valence-electron chi connectivity index (χ4n) is 3.13. The first-order valence-electron chi connectivity index (χ1n) is 8.82. The highest BCUT2D eigenvalue weighted by atomic mass is 16.7. The van der Waals surface area contributed by atoms with E-state index in [2.05, 4.69) is 11.1 Å². The van der Waals surface area contributed by atoms with Gasteiger partial charge in [0.25, 0.3) is 0 Å². The van der Waals surface area contributed by atoms with Crippen molar-refractivity contribution < 1.29 is 18.8 Å². The SMILES string of the molecule is CCOC(=O)CC(B1OC(C)(C)C(C)(C)O1)c1ccc2[nH]ccc2c1. The molecular weight excluding hydrogens is 317 g/mol. The van der Waals surface area contributed by atoms with Crippen LogP contribution in [0.2, 0.25) is 0 Å². The van der Waals surface area contributed by atoms with E-state index in [0.29, 0.717) is 6.61 Å². The molecule has 1 N–H and O–H groups in total.